The lowest BCUT2D eigenvalue weighted by atomic mass is 9.89. The molecule has 1 aliphatic rings. The second-order valence-corrected chi connectivity index (χ2v) is 7.01. The molecule has 2 aromatic carbocycles. The fourth-order valence-corrected chi connectivity index (χ4v) is 3.99. The molecule has 0 spiro atoms. The van der Waals surface area contributed by atoms with Gasteiger partial charge in [-0.25, -0.2) is 9.59 Å². The van der Waals surface area contributed by atoms with E-state index in [9.17, 15) is 9.59 Å². The number of benzene rings is 2. The van der Waals surface area contributed by atoms with E-state index in [1.807, 2.05) is 55.5 Å². The Labute approximate surface area is 174 Å². The fraction of sp³-hybridized carbons (Fsp3) is 0.167. The van der Waals surface area contributed by atoms with E-state index in [-0.39, 0.29) is 11.7 Å². The van der Waals surface area contributed by atoms with E-state index < -0.39 is 11.9 Å². The summed E-state index contributed by atoms with van der Waals surface area (Å²) in [6, 6.07) is 15.7. The number of aromatic amines is 1. The Morgan fingerprint density at radius 2 is 1.77 bits per heavy atom. The highest BCUT2D eigenvalue weighted by atomic mass is 16.5. The highest BCUT2D eigenvalue weighted by Crippen LogP contribution is 2.42. The van der Waals surface area contributed by atoms with Crippen LogP contribution >= 0.6 is 0 Å². The molecule has 0 aliphatic carbocycles. The second kappa shape index (κ2) is 7.91. The Morgan fingerprint density at radius 3 is 2.53 bits per heavy atom. The molecule has 3 aromatic rings. The molecule has 30 heavy (non-hydrogen) atoms. The van der Waals surface area contributed by atoms with Crippen LogP contribution < -0.4 is 0 Å². The standard InChI is InChI=1S/C24H22N2O4/c1-15-22(18-10-6-7-11-19(18)25-15)23-17-9-5-4-8-16(17)12-13-26(23)20(24(28)30-3)14-21(27)29-2/h4-14,23,25H,1-3H3/b20-14+. The molecule has 4 rings (SSSR count). The number of carbonyl (C=O) groups excluding carboxylic acids is 2. The Kier molecular flexibility index (Phi) is 5.14. The van der Waals surface area contributed by atoms with Gasteiger partial charge in [0.2, 0.25) is 0 Å². The van der Waals surface area contributed by atoms with E-state index in [0.29, 0.717) is 0 Å². The number of ether oxygens (including phenoxy) is 2. The van der Waals surface area contributed by atoms with E-state index >= 15 is 0 Å². The number of nitrogens with zero attached hydrogens (tertiary/aromatic N) is 1. The minimum Gasteiger partial charge on any atom is -0.466 e. The first-order valence-corrected chi connectivity index (χ1v) is 9.55. The normalized spacial score (nSPS) is 15.8. The number of nitrogens with one attached hydrogen (secondary N) is 1. The van der Waals surface area contributed by atoms with Crippen molar-refractivity contribution in [3.05, 3.63) is 88.9 Å². The van der Waals surface area contributed by atoms with Gasteiger partial charge in [-0.05, 0) is 30.2 Å². The molecule has 152 valence electrons. The van der Waals surface area contributed by atoms with Gasteiger partial charge in [0.05, 0.1) is 26.3 Å². The molecule has 1 unspecified atom stereocenters. The van der Waals surface area contributed by atoms with Crippen LogP contribution in [0, 0.1) is 6.92 Å². The third kappa shape index (κ3) is 3.26. The third-order valence-corrected chi connectivity index (χ3v) is 5.33. The number of aryl methyl sites for hydroxylation is 1. The molecule has 1 aromatic heterocycles. The van der Waals surface area contributed by atoms with E-state index in [0.717, 1.165) is 33.3 Å². The number of esters is 2. The topological polar surface area (TPSA) is 71.6 Å². The smallest absolute Gasteiger partial charge is 0.354 e. The minimum atomic E-state index is -0.628. The maximum absolute atomic E-state index is 12.7. The summed E-state index contributed by atoms with van der Waals surface area (Å²) in [6.45, 7) is 2.01. The van der Waals surface area contributed by atoms with Crippen LogP contribution in [-0.2, 0) is 19.1 Å². The van der Waals surface area contributed by atoms with Crippen molar-refractivity contribution >= 4 is 28.9 Å². The van der Waals surface area contributed by atoms with Crippen molar-refractivity contribution in [3.8, 4) is 0 Å². The van der Waals surface area contributed by atoms with Gasteiger partial charge in [0.1, 0.15) is 5.70 Å². The van der Waals surface area contributed by atoms with Gasteiger partial charge in [-0.1, -0.05) is 42.5 Å². The summed E-state index contributed by atoms with van der Waals surface area (Å²) in [5, 5.41) is 1.05. The van der Waals surface area contributed by atoms with E-state index in [1.165, 1.54) is 20.3 Å². The maximum Gasteiger partial charge on any atom is 0.354 e. The number of rotatable bonds is 4. The quantitative estimate of drug-likeness (QED) is 0.526. The number of para-hydroxylation sites is 1. The monoisotopic (exact) mass is 402 g/mol. The number of methoxy groups -OCH3 is 2. The van der Waals surface area contributed by atoms with Crippen molar-refractivity contribution in [2.75, 3.05) is 14.2 Å². The van der Waals surface area contributed by atoms with Gasteiger partial charge >= 0.3 is 11.9 Å². The number of hydrogen-bond donors (Lipinski definition) is 1. The van der Waals surface area contributed by atoms with Gasteiger partial charge in [-0.15, -0.1) is 0 Å². The lowest BCUT2D eigenvalue weighted by Gasteiger charge is -2.36. The molecule has 1 N–H and O–H groups in total. The van der Waals surface area contributed by atoms with Crippen LogP contribution in [0.1, 0.15) is 28.4 Å². The summed E-state index contributed by atoms with van der Waals surface area (Å²) in [6.07, 6.45) is 4.89. The molecule has 0 saturated heterocycles. The zero-order valence-corrected chi connectivity index (χ0v) is 17.0. The van der Waals surface area contributed by atoms with Crippen molar-refractivity contribution in [3.63, 3.8) is 0 Å². The lowest BCUT2D eigenvalue weighted by Crippen LogP contribution is -2.32. The summed E-state index contributed by atoms with van der Waals surface area (Å²) >= 11 is 0. The molecule has 0 fully saturated rings. The SMILES string of the molecule is COC(=O)/C=C(\C(=O)OC)N1C=Cc2ccccc2C1c1c(C)[nH]c2ccccc12. The fourth-order valence-electron chi connectivity index (χ4n) is 3.99. The van der Waals surface area contributed by atoms with Crippen LogP contribution in [0.5, 0.6) is 0 Å². The number of hydrogen-bond acceptors (Lipinski definition) is 5. The molecule has 1 atom stereocenters. The number of fused-ring (bicyclic) bond motifs is 2. The summed E-state index contributed by atoms with van der Waals surface area (Å²) in [5.41, 5.74) is 5.19. The Morgan fingerprint density at radius 1 is 1.03 bits per heavy atom. The first-order chi connectivity index (χ1) is 14.5. The molecule has 0 bridgehead atoms. The van der Waals surface area contributed by atoms with Gasteiger partial charge in [0, 0.05) is 28.4 Å². The van der Waals surface area contributed by atoms with Crippen LogP contribution in [0.25, 0.3) is 17.0 Å². The average Bonchev–Trinajstić information content (AvgIpc) is 3.11. The van der Waals surface area contributed by atoms with Crippen molar-refractivity contribution in [1.82, 2.24) is 9.88 Å². The van der Waals surface area contributed by atoms with Gasteiger partial charge in [-0.3, -0.25) is 0 Å². The Balaban J connectivity index is 1.98. The predicted octanol–water partition coefficient (Wildman–Crippen LogP) is 4.08. The summed E-state index contributed by atoms with van der Waals surface area (Å²) < 4.78 is 9.76. The van der Waals surface area contributed by atoms with Gasteiger partial charge < -0.3 is 19.4 Å². The predicted molar refractivity (Wildman–Crippen MR) is 114 cm³/mol. The maximum atomic E-state index is 12.7. The highest BCUT2D eigenvalue weighted by molar-refractivity contribution is 5.96. The Hall–Kier alpha value is -3.80. The minimum absolute atomic E-state index is 0.102. The number of carbonyl (C=O) groups is 2. The second-order valence-electron chi connectivity index (χ2n) is 7.01. The molecule has 6 nitrogen and oxygen atoms in total. The van der Waals surface area contributed by atoms with E-state index in [2.05, 4.69) is 11.1 Å². The van der Waals surface area contributed by atoms with Crippen molar-refractivity contribution in [2.45, 2.75) is 13.0 Å². The molecule has 2 heterocycles. The molecular formula is C24H22N2O4. The largest absolute Gasteiger partial charge is 0.466 e. The lowest BCUT2D eigenvalue weighted by molar-refractivity contribution is -0.139. The molecule has 1 aliphatic heterocycles. The first kappa shape index (κ1) is 19.5. The van der Waals surface area contributed by atoms with Crippen LogP contribution in [-0.4, -0.2) is 36.0 Å². The highest BCUT2D eigenvalue weighted by Gasteiger charge is 2.33. The molecule has 0 saturated carbocycles. The van der Waals surface area contributed by atoms with Gasteiger partial charge in [0.15, 0.2) is 0 Å². The Bertz CT molecular complexity index is 1190. The number of aromatic nitrogens is 1. The van der Waals surface area contributed by atoms with Crippen molar-refractivity contribution in [2.24, 2.45) is 0 Å². The van der Waals surface area contributed by atoms with E-state index in [1.54, 1.807) is 11.1 Å². The van der Waals surface area contributed by atoms with Gasteiger partial charge in [0.25, 0.3) is 0 Å². The van der Waals surface area contributed by atoms with Gasteiger partial charge in [-0.2, -0.15) is 0 Å². The van der Waals surface area contributed by atoms with Crippen LogP contribution in [0.15, 0.2) is 66.5 Å². The first-order valence-electron chi connectivity index (χ1n) is 9.55. The van der Waals surface area contributed by atoms with Crippen LogP contribution in [0.4, 0.5) is 0 Å². The van der Waals surface area contributed by atoms with Crippen LogP contribution in [0.2, 0.25) is 0 Å². The average molecular weight is 402 g/mol. The molecular weight excluding hydrogens is 380 g/mol. The molecule has 6 heteroatoms. The summed E-state index contributed by atoms with van der Waals surface area (Å²) in [4.78, 5) is 29.9. The molecule has 0 radical (unpaired) electrons. The zero-order chi connectivity index (χ0) is 21.3. The van der Waals surface area contributed by atoms with E-state index in [4.69, 9.17) is 9.47 Å². The van der Waals surface area contributed by atoms with Crippen molar-refractivity contribution in [1.29, 1.82) is 0 Å². The third-order valence-electron chi connectivity index (χ3n) is 5.33. The summed E-state index contributed by atoms with van der Waals surface area (Å²) in [7, 11) is 2.57. The molecule has 0 amide bonds. The number of H-pyrrole nitrogens is 1. The zero-order valence-electron chi connectivity index (χ0n) is 17.0. The van der Waals surface area contributed by atoms with Crippen LogP contribution in [0.3, 0.4) is 0 Å². The van der Waals surface area contributed by atoms with Crippen molar-refractivity contribution < 1.29 is 19.1 Å². The summed E-state index contributed by atoms with van der Waals surface area (Å²) in [5.74, 6) is -1.25.